The van der Waals surface area contributed by atoms with Crippen LogP contribution in [0.15, 0.2) is 64.4 Å². The number of aryl methyl sites for hydroxylation is 1. The Hall–Kier alpha value is -1.43. The third kappa shape index (κ3) is 4.36. The second-order valence-corrected chi connectivity index (χ2v) is 9.48. The van der Waals surface area contributed by atoms with Gasteiger partial charge >= 0.3 is 0 Å². The Bertz CT molecular complexity index is 902. The fourth-order valence-corrected chi connectivity index (χ4v) is 5.67. The highest BCUT2D eigenvalue weighted by atomic mass is 79.9. The molecule has 0 saturated heterocycles. The van der Waals surface area contributed by atoms with Crippen molar-refractivity contribution in [1.82, 2.24) is 0 Å². The van der Waals surface area contributed by atoms with Crippen LogP contribution >= 0.6 is 15.9 Å². The first kappa shape index (κ1) is 20.3. The molecule has 0 unspecified atom stereocenters. The Kier molecular flexibility index (Phi) is 6.56. The molecule has 2 atom stereocenters. The molecule has 1 aliphatic heterocycles. The van der Waals surface area contributed by atoms with E-state index in [4.69, 9.17) is 4.74 Å². The molecule has 0 aliphatic carbocycles. The molecule has 144 valence electrons. The van der Waals surface area contributed by atoms with Crippen LogP contribution in [0.4, 0.5) is 0 Å². The van der Waals surface area contributed by atoms with E-state index in [2.05, 4.69) is 22.9 Å². The van der Waals surface area contributed by atoms with Gasteiger partial charge in [-0.15, -0.1) is 0 Å². The van der Waals surface area contributed by atoms with E-state index in [0.717, 1.165) is 23.1 Å². The number of halogens is 1. The van der Waals surface area contributed by atoms with Gasteiger partial charge in [0, 0.05) is 11.8 Å². The maximum atomic E-state index is 13.6. The molecule has 5 heteroatoms. The molecule has 0 amide bonds. The van der Waals surface area contributed by atoms with Gasteiger partial charge in [-0.3, -0.25) is 0 Å². The highest BCUT2D eigenvalue weighted by Crippen LogP contribution is 2.40. The minimum absolute atomic E-state index is 0.0336. The van der Waals surface area contributed by atoms with Gasteiger partial charge in [0.15, 0.2) is 0 Å². The maximum Gasteiger partial charge on any atom is 0.205 e. The van der Waals surface area contributed by atoms with Gasteiger partial charge in [0.2, 0.25) is 9.84 Å². The summed E-state index contributed by atoms with van der Waals surface area (Å²) in [6.07, 6.45) is 1.66. The van der Waals surface area contributed by atoms with E-state index in [1.165, 1.54) is 0 Å². The highest BCUT2D eigenvalue weighted by Gasteiger charge is 2.37. The van der Waals surface area contributed by atoms with Crippen LogP contribution in [0.25, 0.3) is 5.57 Å². The molecular formula is C22H25BrO3S. The van der Waals surface area contributed by atoms with Crippen molar-refractivity contribution in [3.63, 3.8) is 0 Å². The molecule has 0 fully saturated rings. The summed E-state index contributed by atoms with van der Waals surface area (Å²) in [5, 5.41) is 0.682. The summed E-state index contributed by atoms with van der Waals surface area (Å²) < 4.78 is 33.4. The molecule has 27 heavy (non-hydrogen) atoms. The molecule has 1 heterocycles. The van der Waals surface area contributed by atoms with Gasteiger partial charge in [-0.1, -0.05) is 77.3 Å². The normalized spacial score (nSPS) is 20.7. The van der Waals surface area contributed by atoms with E-state index in [9.17, 15) is 8.42 Å². The molecule has 3 rings (SSSR count). The topological polar surface area (TPSA) is 43.4 Å². The van der Waals surface area contributed by atoms with Gasteiger partial charge in [-0.2, -0.15) is 0 Å². The third-order valence-electron chi connectivity index (χ3n) is 4.84. The maximum absolute atomic E-state index is 13.6. The summed E-state index contributed by atoms with van der Waals surface area (Å²) in [5.41, 5.74) is 2.87. The molecule has 2 aromatic rings. The molecule has 0 radical (unpaired) electrons. The number of rotatable bonds is 6. The van der Waals surface area contributed by atoms with Crippen molar-refractivity contribution in [3.05, 3.63) is 70.6 Å². The molecule has 0 bridgehead atoms. The van der Waals surface area contributed by atoms with Crippen LogP contribution in [-0.4, -0.2) is 26.0 Å². The van der Waals surface area contributed by atoms with Gasteiger partial charge in [-0.05, 0) is 36.6 Å². The second kappa shape index (κ2) is 8.72. The summed E-state index contributed by atoms with van der Waals surface area (Å²) in [6.45, 7) is 4.01. The molecule has 0 saturated carbocycles. The SMILES string of the molecule is CCC[C@H]1O[C@H](CBr)CC(c2ccccc2)=C1S(=O)(=O)c1ccc(C)cc1. The predicted octanol–water partition coefficient (Wildman–Crippen LogP) is 5.53. The number of ether oxygens (including phenoxy) is 1. The highest BCUT2D eigenvalue weighted by molar-refractivity contribution is 9.09. The zero-order valence-electron chi connectivity index (χ0n) is 15.7. The minimum Gasteiger partial charge on any atom is -0.368 e. The summed E-state index contributed by atoms with van der Waals surface area (Å²) >= 11 is 3.52. The lowest BCUT2D eigenvalue weighted by molar-refractivity contribution is 0.0162. The van der Waals surface area contributed by atoms with Crippen molar-refractivity contribution in [2.75, 3.05) is 5.33 Å². The lowest BCUT2D eigenvalue weighted by Gasteiger charge is -2.33. The third-order valence-corrected chi connectivity index (χ3v) is 7.55. The molecule has 3 nitrogen and oxygen atoms in total. The van der Waals surface area contributed by atoms with E-state index in [-0.39, 0.29) is 6.10 Å². The van der Waals surface area contributed by atoms with Crippen LogP contribution in [0.2, 0.25) is 0 Å². The lowest BCUT2D eigenvalue weighted by atomic mass is 9.94. The van der Waals surface area contributed by atoms with E-state index in [1.54, 1.807) is 12.1 Å². The number of hydrogen-bond acceptors (Lipinski definition) is 3. The van der Waals surface area contributed by atoms with Gasteiger partial charge < -0.3 is 4.74 Å². The van der Waals surface area contributed by atoms with Crippen LogP contribution in [0.1, 0.15) is 37.3 Å². The Morgan fingerprint density at radius 3 is 2.33 bits per heavy atom. The first-order chi connectivity index (χ1) is 13.0. The number of hydrogen-bond donors (Lipinski definition) is 0. The Balaban J connectivity index is 2.22. The van der Waals surface area contributed by atoms with Crippen molar-refractivity contribution in [3.8, 4) is 0 Å². The van der Waals surface area contributed by atoms with Crippen LogP contribution in [0.3, 0.4) is 0 Å². The molecule has 2 aromatic carbocycles. The molecule has 1 aliphatic rings. The average molecular weight is 449 g/mol. The summed E-state index contributed by atoms with van der Waals surface area (Å²) in [7, 11) is -3.64. The van der Waals surface area contributed by atoms with E-state index >= 15 is 0 Å². The Morgan fingerprint density at radius 2 is 1.74 bits per heavy atom. The molecule has 0 aromatic heterocycles. The fourth-order valence-electron chi connectivity index (χ4n) is 3.50. The average Bonchev–Trinajstić information content (AvgIpc) is 2.68. The van der Waals surface area contributed by atoms with Gasteiger partial charge in [0.1, 0.15) is 0 Å². The standard InChI is InChI=1S/C22H25BrO3S/c1-3-7-21-22(27(24,25)19-12-10-16(2)11-13-19)20(14-18(15-23)26-21)17-8-5-4-6-9-17/h4-6,8-13,18,21H,3,7,14-15H2,1-2H3/t18-,21+/m0/s1. The van der Waals surface area contributed by atoms with Gasteiger partial charge in [-0.25, -0.2) is 8.42 Å². The van der Waals surface area contributed by atoms with Crippen molar-refractivity contribution in [2.45, 2.75) is 50.2 Å². The Morgan fingerprint density at radius 1 is 1.07 bits per heavy atom. The summed E-state index contributed by atoms with van der Waals surface area (Å²) in [5.74, 6) is 0. The number of sulfone groups is 1. The van der Waals surface area contributed by atoms with Crippen LogP contribution in [0, 0.1) is 6.92 Å². The molecule has 0 spiro atoms. The quantitative estimate of drug-likeness (QED) is 0.545. The number of alkyl halides is 1. The van der Waals surface area contributed by atoms with Crippen molar-refractivity contribution in [2.24, 2.45) is 0 Å². The van der Waals surface area contributed by atoms with E-state index in [1.807, 2.05) is 49.4 Å². The summed E-state index contributed by atoms with van der Waals surface area (Å²) in [4.78, 5) is 0.759. The smallest absolute Gasteiger partial charge is 0.205 e. The van der Waals surface area contributed by atoms with Gasteiger partial charge in [0.25, 0.3) is 0 Å². The fraction of sp³-hybridized carbons (Fsp3) is 0.364. The van der Waals surface area contributed by atoms with Crippen LogP contribution in [-0.2, 0) is 14.6 Å². The molecule has 0 N–H and O–H groups in total. The van der Waals surface area contributed by atoms with E-state index in [0.29, 0.717) is 28.0 Å². The van der Waals surface area contributed by atoms with Crippen molar-refractivity contribution >= 4 is 31.3 Å². The monoisotopic (exact) mass is 448 g/mol. The largest absolute Gasteiger partial charge is 0.368 e. The van der Waals surface area contributed by atoms with Gasteiger partial charge in [0.05, 0.1) is 22.0 Å². The minimum atomic E-state index is -3.64. The molecular weight excluding hydrogens is 424 g/mol. The van der Waals surface area contributed by atoms with Crippen molar-refractivity contribution < 1.29 is 13.2 Å². The second-order valence-electron chi connectivity index (χ2n) is 6.92. The van der Waals surface area contributed by atoms with Crippen LogP contribution in [0.5, 0.6) is 0 Å². The zero-order chi connectivity index (χ0) is 19.4. The predicted molar refractivity (Wildman–Crippen MR) is 114 cm³/mol. The van der Waals surface area contributed by atoms with E-state index < -0.39 is 15.9 Å². The van der Waals surface area contributed by atoms with Crippen LogP contribution < -0.4 is 0 Å². The van der Waals surface area contributed by atoms with Crippen molar-refractivity contribution in [1.29, 1.82) is 0 Å². The first-order valence-corrected chi connectivity index (χ1v) is 11.9. The first-order valence-electron chi connectivity index (χ1n) is 9.29. The number of benzene rings is 2. The lowest BCUT2D eigenvalue weighted by Crippen LogP contribution is -2.34. The Labute approximate surface area is 170 Å². The summed E-state index contributed by atoms with van der Waals surface area (Å²) in [6, 6.07) is 16.9. The zero-order valence-corrected chi connectivity index (χ0v) is 18.1.